The van der Waals surface area contributed by atoms with Crippen LogP contribution in [0.4, 0.5) is 0 Å². The quantitative estimate of drug-likeness (QED) is 0.502. The van der Waals surface area contributed by atoms with Gasteiger partial charge in [0.05, 0.1) is 0 Å². The van der Waals surface area contributed by atoms with Gasteiger partial charge < -0.3 is 0 Å². The van der Waals surface area contributed by atoms with Gasteiger partial charge in [-0.15, -0.1) is 12.4 Å². The maximum atomic E-state index is 4.82. The second-order valence-corrected chi connectivity index (χ2v) is 2.41. The summed E-state index contributed by atoms with van der Waals surface area (Å²) in [4.78, 5) is 1.09. The average molecular weight is 139 g/mol. The Kier molecular flexibility index (Phi) is 6.73. The van der Waals surface area contributed by atoms with Crippen LogP contribution in [0.15, 0.2) is 0 Å². The van der Waals surface area contributed by atoms with Crippen molar-refractivity contribution < 1.29 is 0 Å². The van der Waals surface area contributed by atoms with Crippen molar-refractivity contribution in [3.05, 3.63) is 0 Å². The van der Waals surface area contributed by atoms with Crippen LogP contribution in [0.2, 0.25) is 0 Å². The summed E-state index contributed by atoms with van der Waals surface area (Å²) in [6.07, 6.45) is 0. The molecule has 0 heterocycles. The monoisotopic (exact) mass is 138 g/mol. The predicted molar refractivity (Wildman–Crippen MR) is 40.4 cm³/mol. The van der Waals surface area contributed by atoms with Crippen LogP contribution >= 0.6 is 24.6 Å². The molecule has 0 spiro atoms. The van der Waals surface area contributed by atoms with E-state index < -0.39 is 0 Å². The molecule has 0 atom stereocenters. The topological polar surface area (TPSA) is 0 Å². The molecular formula is C5H11ClS. The molecule has 0 saturated carbocycles. The lowest BCUT2D eigenvalue weighted by Gasteiger charge is -1.95. The first kappa shape index (κ1) is 10.4. The first-order valence-corrected chi connectivity index (χ1v) is 2.56. The highest BCUT2D eigenvalue weighted by Gasteiger charge is 1.90. The van der Waals surface area contributed by atoms with E-state index in [1.807, 2.05) is 6.92 Å². The first-order chi connectivity index (χ1) is 2.64. The number of hydrogen-bond acceptors (Lipinski definition) is 1. The number of halogens is 1. The van der Waals surface area contributed by atoms with Crippen molar-refractivity contribution in [3.8, 4) is 0 Å². The van der Waals surface area contributed by atoms with Gasteiger partial charge in [0.15, 0.2) is 0 Å². The molecule has 0 aromatic rings. The largest absolute Gasteiger partial charge is 0.147 e. The molecule has 0 nitrogen and oxygen atoms in total. The van der Waals surface area contributed by atoms with Gasteiger partial charge in [0.2, 0.25) is 0 Å². The fourth-order valence-corrected chi connectivity index (χ4v) is 0. The van der Waals surface area contributed by atoms with Crippen LogP contribution in [-0.4, -0.2) is 4.86 Å². The van der Waals surface area contributed by atoms with Gasteiger partial charge in [-0.25, -0.2) is 0 Å². The van der Waals surface area contributed by atoms with Crippen LogP contribution in [0.5, 0.6) is 0 Å². The number of hydrogen-bond donors (Lipinski definition) is 0. The van der Waals surface area contributed by atoms with E-state index in [4.69, 9.17) is 12.2 Å². The van der Waals surface area contributed by atoms with Crippen molar-refractivity contribution in [3.63, 3.8) is 0 Å². The summed E-state index contributed by atoms with van der Waals surface area (Å²) in [5.41, 5.74) is 0. The summed E-state index contributed by atoms with van der Waals surface area (Å²) in [6.45, 7) is 6.17. The van der Waals surface area contributed by atoms with E-state index in [0.29, 0.717) is 5.92 Å². The molecule has 0 bridgehead atoms. The van der Waals surface area contributed by atoms with Crippen molar-refractivity contribution in [2.45, 2.75) is 20.8 Å². The summed E-state index contributed by atoms with van der Waals surface area (Å²) >= 11 is 4.82. The molecule has 0 unspecified atom stereocenters. The molecule has 0 saturated heterocycles. The molecule has 0 radical (unpaired) electrons. The Hall–Kier alpha value is 0.380. The van der Waals surface area contributed by atoms with Crippen LogP contribution in [0, 0.1) is 5.92 Å². The molecule has 0 amide bonds. The molecular weight excluding hydrogens is 128 g/mol. The molecule has 0 N–H and O–H groups in total. The molecule has 0 aliphatic carbocycles. The average Bonchev–Trinajstić information content (AvgIpc) is 1.36. The Bertz CT molecular complexity index is 59.1. The maximum absolute atomic E-state index is 4.82. The lowest BCUT2D eigenvalue weighted by Crippen LogP contribution is -1.95. The maximum Gasteiger partial charge on any atom is -0.00771 e. The summed E-state index contributed by atoms with van der Waals surface area (Å²) in [7, 11) is 0. The van der Waals surface area contributed by atoms with Crippen molar-refractivity contribution in [1.82, 2.24) is 0 Å². The van der Waals surface area contributed by atoms with Crippen LogP contribution in [-0.2, 0) is 0 Å². The van der Waals surface area contributed by atoms with Gasteiger partial charge in [0.1, 0.15) is 0 Å². The molecule has 44 valence electrons. The van der Waals surface area contributed by atoms with E-state index in [9.17, 15) is 0 Å². The molecule has 0 aromatic heterocycles. The Labute approximate surface area is 56.7 Å². The Morgan fingerprint density at radius 3 is 1.57 bits per heavy atom. The molecule has 0 fully saturated rings. The van der Waals surface area contributed by atoms with Gasteiger partial charge in [0, 0.05) is 0 Å². The highest BCUT2D eigenvalue weighted by molar-refractivity contribution is 7.80. The van der Waals surface area contributed by atoms with Crippen LogP contribution in [0.1, 0.15) is 20.8 Å². The third-order valence-corrected chi connectivity index (χ3v) is 1.28. The first-order valence-electron chi connectivity index (χ1n) is 2.15. The van der Waals surface area contributed by atoms with Crippen LogP contribution in [0.3, 0.4) is 0 Å². The highest BCUT2D eigenvalue weighted by atomic mass is 35.5. The summed E-state index contributed by atoms with van der Waals surface area (Å²) < 4.78 is 0. The standard InChI is InChI=1S/C5H10S.ClH/c1-4(2)5(3)6;/h4H,1-3H3;1H. The molecule has 0 aliphatic heterocycles. The highest BCUT2D eigenvalue weighted by Crippen LogP contribution is 1.93. The Morgan fingerprint density at radius 2 is 1.57 bits per heavy atom. The van der Waals surface area contributed by atoms with Gasteiger partial charge >= 0.3 is 0 Å². The van der Waals surface area contributed by atoms with Gasteiger partial charge in [-0.2, -0.15) is 0 Å². The lowest BCUT2D eigenvalue weighted by atomic mass is 10.2. The van der Waals surface area contributed by atoms with E-state index in [1.165, 1.54) is 0 Å². The Balaban J connectivity index is 0. The molecule has 0 aromatic carbocycles. The number of thiocarbonyl (C=S) groups is 1. The fraction of sp³-hybridized carbons (Fsp3) is 0.800. The van der Waals surface area contributed by atoms with Crippen molar-refractivity contribution in [2.24, 2.45) is 5.92 Å². The molecule has 0 rings (SSSR count). The summed E-state index contributed by atoms with van der Waals surface area (Å²) in [6, 6.07) is 0. The van der Waals surface area contributed by atoms with Crippen molar-refractivity contribution >= 4 is 29.5 Å². The smallest absolute Gasteiger partial charge is 0.00771 e. The minimum atomic E-state index is 0. The molecule has 0 aliphatic rings. The van der Waals surface area contributed by atoms with Crippen LogP contribution < -0.4 is 0 Å². The van der Waals surface area contributed by atoms with Crippen LogP contribution in [0.25, 0.3) is 0 Å². The second-order valence-electron chi connectivity index (χ2n) is 1.77. The molecule has 2 heteroatoms. The zero-order chi connectivity index (χ0) is 5.15. The summed E-state index contributed by atoms with van der Waals surface area (Å²) in [5.74, 6) is 0.583. The van der Waals surface area contributed by atoms with Crippen molar-refractivity contribution in [2.75, 3.05) is 0 Å². The van der Waals surface area contributed by atoms with Gasteiger partial charge in [-0.3, -0.25) is 0 Å². The zero-order valence-electron chi connectivity index (χ0n) is 4.89. The SMILES string of the molecule is CC(=S)C(C)C.Cl. The van der Waals surface area contributed by atoms with Crippen molar-refractivity contribution in [1.29, 1.82) is 0 Å². The lowest BCUT2D eigenvalue weighted by molar-refractivity contribution is 0.896. The minimum absolute atomic E-state index is 0. The third kappa shape index (κ3) is 6.38. The van der Waals surface area contributed by atoms with Gasteiger partial charge in [0.25, 0.3) is 0 Å². The van der Waals surface area contributed by atoms with E-state index >= 15 is 0 Å². The van der Waals surface area contributed by atoms with E-state index in [1.54, 1.807) is 0 Å². The zero-order valence-corrected chi connectivity index (χ0v) is 6.53. The van der Waals surface area contributed by atoms with Gasteiger partial charge in [-0.1, -0.05) is 26.1 Å². The number of rotatable bonds is 1. The molecule has 7 heavy (non-hydrogen) atoms. The summed E-state index contributed by atoms with van der Waals surface area (Å²) in [5, 5.41) is 0. The van der Waals surface area contributed by atoms with E-state index in [0.717, 1.165) is 4.86 Å². The fourth-order valence-electron chi connectivity index (χ4n) is 0. The third-order valence-electron chi connectivity index (χ3n) is 0.813. The Morgan fingerprint density at radius 1 is 1.43 bits per heavy atom. The van der Waals surface area contributed by atoms with Gasteiger partial charge in [-0.05, 0) is 17.7 Å². The normalized spacial score (nSPS) is 8.00. The van der Waals surface area contributed by atoms with E-state index in [2.05, 4.69) is 13.8 Å². The predicted octanol–water partition coefficient (Wildman–Crippen LogP) is 2.45. The van der Waals surface area contributed by atoms with E-state index in [-0.39, 0.29) is 12.4 Å². The second kappa shape index (κ2) is 4.54. The minimum Gasteiger partial charge on any atom is -0.147 e.